The second-order valence-electron chi connectivity index (χ2n) is 4.23. The minimum absolute atomic E-state index is 0.220. The van der Waals surface area contributed by atoms with Gasteiger partial charge in [0.15, 0.2) is 11.7 Å². The Balaban J connectivity index is 2.11. The van der Waals surface area contributed by atoms with Gasteiger partial charge in [-0.2, -0.15) is 0 Å². The summed E-state index contributed by atoms with van der Waals surface area (Å²) in [5.41, 5.74) is 2.31. The fraction of sp³-hybridized carbons (Fsp3) is 0.538. The molecule has 0 unspecified atom stereocenters. The van der Waals surface area contributed by atoms with E-state index in [9.17, 15) is 4.79 Å². The number of fused-ring (bicyclic) bond motifs is 1. The monoisotopic (exact) mass is 219 g/mol. The van der Waals surface area contributed by atoms with Crippen LogP contribution in [0.15, 0.2) is 16.1 Å². The Kier molecular flexibility index (Phi) is 3.22. The Morgan fingerprint density at radius 1 is 1.38 bits per heavy atom. The second-order valence-corrected chi connectivity index (χ2v) is 4.23. The van der Waals surface area contributed by atoms with E-state index in [1.807, 2.05) is 13.8 Å². The Labute approximate surface area is 95.6 Å². The molecule has 0 fully saturated rings. The zero-order chi connectivity index (χ0) is 11.5. The number of aryl methyl sites for hydroxylation is 3. The maximum Gasteiger partial charge on any atom is 0.191 e. The predicted molar refractivity (Wildman–Crippen MR) is 61.3 cm³/mol. The second kappa shape index (κ2) is 4.64. The van der Waals surface area contributed by atoms with Gasteiger partial charge in [0.1, 0.15) is 5.76 Å². The van der Waals surface area contributed by atoms with Gasteiger partial charge < -0.3 is 4.42 Å². The van der Waals surface area contributed by atoms with E-state index in [2.05, 4.69) is 4.98 Å². The van der Waals surface area contributed by atoms with Crippen molar-refractivity contribution in [2.24, 2.45) is 0 Å². The van der Waals surface area contributed by atoms with Crippen LogP contribution in [0.1, 0.15) is 43.5 Å². The lowest BCUT2D eigenvalue weighted by Crippen LogP contribution is -1.94. The van der Waals surface area contributed by atoms with Crippen LogP contribution in [-0.4, -0.2) is 10.8 Å². The minimum atomic E-state index is 0.220. The van der Waals surface area contributed by atoms with Crippen LogP contribution in [0.4, 0.5) is 0 Å². The normalized spacial score (nSPS) is 18.2. The van der Waals surface area contributed by atoms with E-state index in [0.717, 1.165) is 43.0 Å². The van der Waals surface area contributed by atoms with Gasteiger partial charge >= 0.3 is 0 Å². The first-order valence-electron chi connectivity index (χ1n) is 5.86. The van der Waals surface area contributed by atoms with Gasteiger partial charge in [-0.3, -0.25) is 4.79 Å². The van der Waals surface area contributed by atoms with Crippen molar-refractivity contribution in [3.05, 3.63) is 29.0 Å². The lowest BCUT2D eigenvalue weighted by molar-refractivity contribution is -0.114. The molecule has 1 aliphatic carbocycles. The molecule has 0 spiro atoms. The van der Waals surface area contributed by atoms with E-state index >= 15 is 0 Å². The summed E-state index contributed by atoms with van der Waals surface area (Å²) in [4.78, 5) is 15.7. The summed E-state index contributed by atoms with van der Waals surface area (Å²) in [7, 11) is 0. The van der Waals surface area contributed by atoms with Crippen molar-refractivity contribution in [1.29, 1.82) is 0 Å². The number of nitrogens with zero attached hydrogens (tertiary/aromatic N) is 1. The van der Waals surface area contributed by atoms with Crippen LogP contribution in [0.2, 0.25) is 0 Å². The number of aromatic nitrogens is 1. The average Bonchev–Trinajstić information content (AvgIpc) is 2.53. The zero-order valence-corrected chi connectivity index (χ0v) is 9.88. The third-order valence-electron chi connectivity index (χ3n) is 2.95. The molecule has 1 heterocycles. The molecule has 1 aliphatic rings. The third kappa shape index (κ3) is 2.40. The smallest absolute Gasteiger partial charge is 0.191 e. The first-order chi connectivity index (χ1) is 7.69. The average molecular weight is 219 g/mol. The van der Waals surface area contributed by atoms with E-state index in [1.165, 1.54) is 5.57 Å². The van der Waals surface area contributed by atoms with Crippen molar-refractivity contribution >= 4 is 5.78 Å². The van der Waals surface area contributed by atoms with E-state index < -0.39 is 0 Å². The predicted octanol–water partition coefficient (Wildman–Crippen LogP) is 2.77. The van der Waals surface area contributed by atoms with Crippen LogP contribution in [-0.2, 0) is 17.6 Å². The number of ketones is 1. The summed E-state index contributed by atoms with van der Waals surface area (Å²) < 4.78 is 5.54. The number of allylic oxidation sites excluding steroid dienone is 2. The van der Waals surface area contributed by atoms with Crippen LogP contribution in [0, 0.1) is 6.92 Å². The highest BCUT2D eigenvalue weighted by Gasteiger charge is 2.16. The molecule has 0 amide bonds. The van der Waals surface area contributed by atoms with Crippen LogP contribution in [0.25, 0.3) is 0 Å². The first kappa shape index (κ1) is 11.1. The van der Waals surface area contributed by atoms with Gasteiger partial charge in [-0.15, -0.1) is 0 Å². The molecule has 0 saturated carbocycles. The first-order valence-corrected chi connectivity index (χ1v) is 5.86. The highest BCUT2D eigenvalue weighted by atomic mass is 16.4. The van der Waals surface area contributed by atoms with E-state index in [-0.39, 0.29) is 5.78 Å². The molecule has 0 bridgehead atoms. The Bertz CT molecular complexity index is 402. The van der Waals surface area contributed by atoms with Crippen molar-refractivity contribution in [1.82, 2.24) is 4.98 Å². The molecular formula is C13H17NO2. The molecule has 3 nitrogen and oxygen atoms in total. The number of hydrogen-bond acceptors (Lipinski definition) is 3. The number of oxazole rings is 1. The summed E-state index contributed by atoms with van der Waals surface area (Å²) in [6.45, 7) is 3.77. The molecule has 0 radical (unpaired) electrons. The van der Waals surface area contributed by atoms with Gasteiger partial charge in [-0.25, -0.2) is 4.98 Å². The van der Waals surface area contributed by atoms with Crippen molar-refractivity contribution < 1.29 is 9.21 Å². The summed E-state index contributed by atoms with van der Waals surface area (Å²) in [6, 6.07) is 0. The van der Waals surface area contributed by atoms with Gasteiger partial charge in [0.2, 0.25) is 0 Å². The molecule has 1 aromatic heterocycles. The Hall–Kier alpha value is -1.38. The van der Waals surface area contributed by atoms with Crippen molar-refractivity contribution in [3.8, 4) is 0 Å². The van der Waals surface area contributed by atoms with Gasteiger partial charge in [0.25, 0.3) is 0 Å². The molecule has 0 N–H and O–H groups in total. The fourth-order valence-electron chi connectivity index (χ4n) is 2.06. The highest BCUT2D eigenvalue weighted by molar-refractivity contribution is 5.90. The summed E-state index contributed by atoms with van der Waals surface area (Å²) in [5, 5.41) is 0. The van der Waals surface area contributed by atoms with Gasteiger partial charge in [0.05, 0.1) is 5.69 Å². The molecule has 86 valence electrons. The standard InChI is InChI=1S/C13H17NO2/c1-3-11(15)8-10-4-6-12-13(7-5-10)16-9(2)14-12/h8H,3-7H2,1-2H3. The van der Waals surface area contributed by atoms with E-state index in [4.69, 9.17) is 4.42 Å². The quantitative estimate of drug-likeness (QED) is 0.567. The van der Waals surface area contributed by atoms with E-state index in [0.29, 0.717) is 6.42 Å². The molecular weight excluding hydrogens is 202 g/mol. The summed E-state index contributed by atoms with van der Waals surface area (Å²) in [6.07, 6.45) is 6.02. The molecule has 16 heavy (non-hydrogen) atoms. The summed E-state index contributed by atoms with van der Waals surface area (Å²) >= 11 is 0. The zero-order valence-electron chi connectivity index (χ0n) is 9.88. The molecule has 3 heteroatoms. The van der Waals surface area contributed by atoms with Gasteiger partial charge in [-0.05, 0) is 25.3 Å². The largest absolute Gasteiger partial charge is 0.446 e. The number of carbonyl (C=O) groups excluding carboxylic acids is 1. The van der Waals surface area contributed by atoms with Crippen LogP contribution in [0.5, 0.6) is 0 Å². The maximum absolute atomic E-state index is 11.3. The molecule has 0 saturated heterocycles. The van der Waals surface area contributed by atoms with Crippen molar-refractivity contribution in [2.45, 2.75) is 46.0 Å². The summed E-state index contributed by atoms with van der Waals surface area (Å²) in [5.74, 6) is 1.98. The maximum atomic E-state index is 11.3. The van der Waals surface area contributed by atoms with E-state index in [1.54, 1.807) is 6.08 Å². The van der Waals surface area contributed by atoms with Crippen LogP contribution in [0.3, 0.4) is 0 Å². The van der Waals surface area contributed by atoms with Crippen LogP contribution < -0.4 is 0 Å². The Morgan fingerprint density at radius 2 is 2.12 bits per heavy atom. The lowest BCUT2D eigenvalue weighted by Gasteiger charge is -2.00. The van der Waals surface area contributed by atoms with Gasteiger partial charge in [0, 0.05) is 19.8 Å². The van der Waals surface area contributed by atoms with Crippen LogP contribution >= 0.6 is 0 Å². The molecule has 1 aromatic rings. The number of hydrogen-bond donors (Lipinski definition) is 0. The number of carbonyl (C=O) groups is 1. The minimum Gasteiger partial charge on any atom is -0.446 e. The SMILES string of the molecule is CCC(=O)C=C1CCc2nc(C)oc2CC1. The van der Waals surface area contributed by atoms with Crippen molar-refractivity contribution in [2.75, 3.05) is 0 Å². The van der Waals surface area contributed by atoms with Crippen molar-refractivity contribution in [3.63, 3.8) is 0 Å². The lowest BCUT2D eigenvalue weighted by atomic mass is 10.1. The molecule has 0 aliphatic heterocycles. The third-order valence-corrected chi connectivity index (χ3v) is 2.95. The number of rotatable bonds is 2. The molecule has 0 atom stereocenters. The topological polar surface area (TPSA) is 43.1 Å². The highest BCUT2D eigenvalue weighted by Crippen LogP contribution is 2.24. The van der Waals surface area contributed by atoms with Gasteiger partial charge in [-0.1, -0.05) is 12.5 Å². The molecule has 0 aromatic carbocycles. The fourth-order valence-corrected chi connectivity index (χ4v) is 2.06. The molecule has 2 rings (SSSR count). The Morgan fingerprint density at radius 3 is 2.88 bits per heavy atom.